The molecule has 1 aliphatic heterocycles. The highest BCUT2D eigenvalue weighted by Crippen LogP contribution is 2.34. The molecule has 1 N–H and O–H groups in total. The Kier molecular flexibility index (Phi) is 4.67. The second-order valence-electron chi connectivity index (χ2n) is 6.16. The number of ether oxygens (including phenoxy) is 1. The average molecular weight is 391 g/mol. The van der Waals surface area contributed by atoms with Gasteiger partial charge in [-0.15, -0.1) is 0 Å². The third-order valence-electron chi connectivity index (χ3n) is 4.38. The topological polar surface area (TPSA) is 76.2 Å². The zero-order valence-electron chi connectivity index (χ0n) is 15.3. The first-order chi connectivity index (χ1) is 13.6. The van der Waals surface area contributed by atoms with E-state index in [9.17, 15) is 9.90 Å². The number of carbonyl (C=O) groups is 1. The highest BCUT2D eigenvalue weighted by atomic mass is 32.1. The Morgan fingerprint density at radius 2 is 1.96 bits per heavy atom. The standard InChI is InChI=1S/C21H17N3O3S/c1-24-19(25)18(11-14-12-22-17-6-4-3-5-16(14)17)28-21(24)23-15-9-7-13(8-10-15)20(26)27-2/h3-12,25H,1-2H3. The van der Waals surface area contributed by atoms with Crippen molar-refractivity contribution in [3.63, 3.8) is 0 Å². The Balaban J connectivity index is 1.70. The fourth-order valence-electron chi connectivity index (χ4n) is 2.86. The molecule has 3 aromatic rings. The monoisotopic (exact) mass is 391 g/mol. The number of para-hydroxylation sites is 1. The van der Waals surface area contributed by atoms with Crippen LogP contribution in [0.1, 0.15) is 20.8 Å². The summed E-state index contributed by atoms with van der Waals surface area (Å²) < 4.78 is 6.33. The molecule has 1 aromatic heterocycles. The number of hydrogen-bond donors (Lipinski definition) is 1. The molecule has 0 bridgehead atoms. The van der Waals surface area contributed by atoms with Crippen LogP contribution in [-0.2, 0) is 11.8 Å². The number of fused-ring (bicyclic) bond motifs is 1. The number of nitrogens with zero attached hydrogens (tertiary/aromatic N) is 3. The highest BCUT2D eigenvalue weighted by molar-refractivity contribution is 7.10. The van der Waals surface area contributed by atoms with Gasteiger partial charge < -0.3 is 9.84 Å². The number of benzene rings is 2. The van der Waals surface area contributed by atoms with Gasteiger partial charge in [-0.3, -0.25) is 9.56 Å². The molecule has 0 fully saturated rings. The normalized spacial score (nSPS) is 14.5. The molecule has 4 rings (SSSR count). The number of aromatic nitrogens is 1. The second-order valence-corrected chi connectivity index (χ2v) is 7.17. The van der Waals surface area contributed by atoms with Crippen molar-refractivity contribution in [2.24, 2.45) is 17.0 Å². The van der Waals surface area contributed by atoms with Gasteiger partial charge in [-0.05, 0) is 36.4 Å². The number of hydrogen-bond acceptors (Lipinski definition) is 6. The molecular formula is C21H17N3O3S. The molecule has 140 valence electrons. The fourth-order valence-corrected chi connectivity index (χ4v) is 3.84. The van der Waals surface area contributed by atoms with Crippen molar-refractivity contribution in [1.29, 1.82) is 0 Å². The maximum absolute atomic E-state index is 11.5. The van der Waals surface area contributed by atoms with Crippen LogP contribution in [0.15, 0.2) is 58.5 Å². The summed E-state index contributed by atoms with van der Waals surface area (Å²) in [5.74, 6) is -0.251. The lowest BCUT2D eigenvalue weighted by atomic mass is 10.1. The zero-order chi connectivity index (χ0) is 19.7. The van der Waals surface area contributed by atoms with Crippen LogP contribution in [-0.4, -0.2) is 29.0 Å². The van der Waals surface area contributed by atoms with Crippen LogP contribution >= 0.6 is 11.3 Å². The van der Waals surface area contributed by atoms with E-state index in [1.54, 1.807) is 42.1 Å². The van der Waals surface area contributed by atoms with Crippen LogP contribution in [0.4, 0.5) is 11.4 Å². The van der Waals surface area contributed by atoms with Gasteiger partial charge in [0.15, 0.2) is 4.80 Å². The molecule has 0 amide bonds. The summed E-state index contributed by atoms with van der Waals surface area (Å²) in [6.07, 6.45) is 3.71. The van der Waals surface area contributed by atoms with Crippen LogP contribution in [0.2, 0.25) is 0 Å². The maximum atomic E-state index is 11.5. The second kappa shape index (κ2) is 7.28. The first-order valence-electron chi connectivity index (χ1n) is 8.54. The van der Waals surface area contributed by atoms with Gasteiger partial charge in [-0.1, -0.05) is 29.5 Å². The van der Waals surface area contributed by atoms with Gasteiger partial charge in [0.2, 0.25) is 5.88 Å². The van der Waals surface area contributed by atoms with Crippen molar-refractivity contribution in [2.75, 3.05) is 7.11 Å². The molecule has 0 unspecified atom stereocenters. The third kappa shape index (κ3) is 3.27. The zero-order valence-corrected chi connectivity index (χ0v) is 16.1. The van der Waals surface area contributed by atoms with Crippen molar-refractivity contribution >= 4 is 46.5 Å². The molecule has 2 heterocycles. The Labute approximate surface area is 165 Å². The van der Waals surface area contributed by atoms with Crippen molar-refractivity contribution < 1.29 is 14.6 Å². The summed E-state index contributed by atoms with van der Waals surface area (Å²) in [6.45, 7) is 0. The van der Waals surface area contributed by atoms with Crippen LogP contribution in [0, 0.1) is 0 Å². The molecule has 0 radical (unpaired) electrons. The Morgan fingerprint density at radius 3 is 2.71 bits per heavy atom. The van der Waals surface area contributed by atoms with Gasteiger partial charge in [-0.25, -0.2) is 9.79 Å². The van der Waals surface area contributed by atoms with E-state index in [-0.39, 0.29) is 5.88 Å². The third-order valence-corrected chi connectivity index (χ3v) is 5.45. The molecule has 0 saturated carbocycles. The van der Waals surface area contributed by atoms with Crippen LogP contribution in [0.3, 0.4) is 0 Å². The fraction of sp³-hybridized carbons (Fsp3) is 0.0952. The molecule has 1 aliphatic rings. The number of aromatic hydroxyl groups is 1. The van der Waals surface area contributed by atoms with Gasteiger partial charge in [0.25, 0.3) is 0 Å². The van der Waals surface area contributed by atoms with E-state index in [1.807, 2.05) is 30.3 Å². The molecule has 28 heavy (non-hydrogen) atoms. The van der Waals surface area contributed by atoms with Crippen LogP contribution in [0.5, 0.6) is 5.88 Å². The number of carbonyl (C=O) groups excluding carboxylic acids is 1. The largest absolute Gasteiger partial charge is 0.493 e. The Morgan fingerprint density at radius 1 is 1.21 bits per heavy atom. The van der Waals surface area contributed by atoms with Crippen molar-refractivity contribution in [2.45, 2.75) is 0 Å². The summed E-state index contributed by atoms with van der Waals surface area (Å²) >= 11 is 1.37. The van der Waals surface area contributed by atoms with Crippen molar-refractivity contribution in [1.82, 2.24) is 4.57 Å². The van der Waals surface area contributed by atoms with Crippen molar-refractivity contribution in [3.05, 3.63) is 69.3 Å². The van der Waals surface area contributed by atoms with Crippen LogP contribution in [0.25, 0.3) is 11.6 Å². The summed E-state index contributed by atoms with van der Waals surface area (Å²) in [5.41, 5.74) is 4.04. The number of allylic oxidation sites excluding steroid dienone is 1. The molecule has 0 spiro atoms. The van der Waals surface area contributed by atoms with Gasteiger partial charge in [0.05, 0.1) is 28.9 Å². The van der Waals surface area contributed by atoms with E-state index < -0.39 is 5.97 Å². The minimum atomic E-state index is -0.390. The maximum Gasteiger partial charge on any atom is 0.337 e. The predicted molar refractivity (Wildman–Crippen MR) is 110 cm³/mol. The quantitative estimate of drug-likeness (QED) is 0.684. The highest BCUT2D eigenvalue weighted by Gasteiger charge is 2.14. The van der Waals surface area contributed by atoms with Gasteiger partial charge in [0.1, 0.15) is 0 Å². The molecule has 0 saturated heterocycles. The molecule has 2 aromatic carbocycles. The van der Waals surface area contributed by atoms with E-state index in [4.69, 9.17) is 4.74 Å². The lowest BCUT2D eigenvalue weighted by Crippen LogP contribution is -2.08. The summed E-state index contributed by atoms with van der Waals surface area (Å²) in [6, 6.07) is 14.7. The first-order valence-corrected chi connectivity index (χ1v) is 9.35. The van der Waals surface area contributed by atoms with E-state index in [0.717, 1.165) is 16.8 Å². The molecule has 7 heteroatoms. The number of methoxy groups -OCH3 is 1. The van der Waals surface area contributed by atoms with E-state index >= 15 is 0 Å². The van der Waals surface area contributed by atoms with Gasteiger partial charge in [-0.2, -0.15) is 0 Å². The molecular weight excluding hydrogens is 374 g/mol. The summed E-state index contributed by atoms with van der Waals surface area (Å²) in [5, 5.41) is 10.5. The SMILES string of the molecule is COC(=O)c1ccc(N=c2sc(C=C3C=Nc4ccccc43)c(O)n2C)cc1. The van der Waals surface area contributed by atoms with E-state index in [1.165, 1.54) is 18.4 Å². The number of esters is 1. The van der Waals surface area contributed by atoms with Gasteiger partial charge >= 0.3 is 5.97 Å². The van der Waals surface area contributed by atoms with E-state index in [2.05, 4.69) is 9.98 Å². The molecule has 6 nitrogen and oxygen atoms in total. The number of aliphatic imine (C=N–C) groups is 1. The Bertz CT molecular complexity index is 1180. The summed E-state index contributed by atoms with van der Waals surface area (Å²) in [4.78, 5) is 21.8. The predicted octanol–water partition coefficient (Wildman–Crippen LogP) is 4.07. The lowest BCUT2D eigenvalue weighted by Gasteiger charge is -1.99. The van der Waals surface area contributed by atoms with Gasteiger partial charge in [0, 0.05) is 24.4 Å². The lowest BCUT2D eigenvalue weighted by molar-refractivity contribution is 0.0601. The van der Waals surface area contributed by atoms with E-state index in [0.29, 0.717) is 20.9 Å². The minimum Gasteiger partial charge on any atom is -0.493 e. The molecule has 0 atom stereocenters. The molecule has 0 aliphatic carbocycles. The van der Waals surface area contributed by atoms with Crippen LogP contribution < -0.4 is 4.80 Å². The first kappa shape index (κ1) is 17.9. The Hall–Kier alpha value is -3.45. The number of rotatable bonds is 3. The number of thiazole rings is 1. The minimum absolute atomic E-state index is 0.139. The summed E-state index contributed by atoms with van der Waals surface area (Å²) in [7, 11) is 3.10. The smallest absolute Gasteiger partial charge is 0.337 e. The average Bonchev–Trinajstić information content (AvgIpc) is 3.25. The van der Waals surface area contributed by atoms with Crippen molar-refractivity contribution in [3.8, 4) is 5.88 Å².